The van der Waals surface area contributed by atoms with Crippen LogP contribution in [0.15, 0.2) is 12.1 Å². The average Bonchev–Trinajstić information content (AvgIpc) is 2.38. The van der Waals surface area contributed by atoms with Gasteiger partial charge in [-0.15, -0.1) is 0 Å². The largest absolute Gasteiger partial charge is 0.496 e. The molecule has 0 aliphatic carbocycles. The average molecular weight is 264 g/mol. The van der Waals surface area contributed by atoms with Crippen molar-refractivity contribution in [2.45, 2.75) is 51.7 Å². The molecule has 0 radical (unpaired) electrons. The molecule has 1 aromatic rings. The third-order valence-corrected chi connectivity index (χ3v) is 4.06. The highest BCUT2D eigenvalue weighted by Crippen LogP contribution is 2.41. The summed E-state index contributed by atoms with van der Waals surface area (Å²) in [6, 6.07) is 4.05. The number of methoxy groups -OCH3 is 1. The Kier molecular flexibility index (Phi) is 4.16. The Balaban J connectivity index is 2.40. The summed E-state index contributed by atoms with van der Waals surface area (Å²) in [4.78, 5) is 0. The van der Waals surface area contributed by atoms with Crippen LogP contribution in [0.1, 0.15) is 49.0 Å². The lowest BCUT2D eigenvalue weighted by atomic mass is 9.84. The number of ether oxygens (including phenoxy) is 2. The minimum Gasteiger partial charge on any atom is -0.496 e. The molecule has 3 nitrogen and oxygen atoms in total. The third kappa shape index (κ3) is 2.77. The lowest BCUT2D eigenvalue weighted by Gasteiger charge is -2.39. The summed E-state index contributed by atoms with van der Waals surface area (Å²) in [5, 5.41) is 10.8. The first kappa shape index (κ1) is 14.4. The summed E-state index contributed by atoms with van der Waals surface area (Å²) in [7, 11) is 1.65. The molecule has 0 bridgehead atoms. The van der Waals surface area contributed by atoms with E-state index in [0.717, 1.165) is 48.3 Å². The lowest BCUT2D eigenvalue weighted by molar-refractivity contribution is -0.139. The third-order valence-electron chi connectivity index (χ3n) is 4.06. The van der Waals surface area contributed by atoms with Crippen LogP contribution in [0.4, 0.5) is 0 Å². The smallest absolute Gasteiger partial charge is 0.125 e. The molecule has 1 aromatic carbocycles. The van der Waals surface area contributed by atoms with Crippen LogP contribution in [0, 0.1) is 13.8 Å². The fourth-order valence-corrected chi connectivity index (χ4v) is 2.94. The van der Waals surface area contributed by atoms with Gasteiger partial charge < -0.3 is 14.6 Å². The van der Waals surface area contributed by atoms with E-state index in [4.69, 9.17) is 9.47 Å². The molecule has 2 unspecified atom stereocenters. The quantitative estimate of drug-likeness (QED) is 0.910. The zero-order valence-corrected chi connectivity index (χ0v) is 12.3. The maximum atomic E-state index is 10.8. The van der Waals surface area contributed by atoms with Crippen molar-refractivity contribution in [2.24, 2.45) is 0 Å². The molecular formula is C16H24O3. The number of hydrogen-bond donors (Lipinski definition) is 1. The van der Waals surface area contributed by atoms with Crippen molar-refractivity contribution >= 4 is 0 Å². The maximum Gasteiger partial charge on any atom is 0.125 e. The van der Waals surface area contributed by atoms with Crippen molar-refractivity contribution in [2.75, 3.05) is 13.7 Å². The Morgan fingerprint density at radius 1 is 1.32 bits per heavy atom. The predicted octanol–water partition coefficient (Wildman–Crippen LogP) is 3.30. The predicted molar refractivity (Wildman–Crippen MR) is 75.6 cm³/mol. The molecule has 0 saturated carbocycles. The second-order valence-electron chi connectivity index (χ2n) is 5.72. The van der Waals surface area contributed by atoms with Gasteiger partial charge in [0.05, 0.1) is 12.7 Å². The van der Waals surface area contributed by atoms with Crippen LogP contribution in [-0.4, -0.2) is 24.4 Å². The van der Waals surface area contributed by atoms with Gasteiger partial charge in [-0.25, -0.2) is 0 Å². The first-order chi connectivity index (χ1) is 8.98. The van der Waals surface area contributed by atoms with Gasteiger partial charge in [-0.05, 0) is 57.2 Å². The summed E-state index contributed by atoms with van der Waals surface area (Å²) < 4.78 is 11.3. The van der Waals surface area contributed by atoms with Crippen molar-refractivity contribution in [3.05, 3.63) is 28.8 Å². The molecule has 2 rings (SSSR count). The highest BCUT2D eigenvalue weighted by Gasteiger charge is 2.38. The van der Waals surface area contributed by atoms with E-state index in [-0.39, 0.29) is 0 Å². The summed E-state index contributed by atoms with van der Waals surface area (Å²) in [5.74, 6) is 0.750. The Morgan fingerprint density at radius 3 is 2.63 bits per heavy atom. The molecule has 106 valence electrons. The van der Waals surface area contributed by atoms with Gasteiger partial charge in [-0.3, -0.25) is 0 Å². The second-order valence-corrected chi connectivity index (χ2v) is 5.72. The Labute approximate surface area is 115 Å². The molecule has 19 heavy (non-hydrogen) atoms. The highest BCUT2D eigenvalue weighted by molar-refractivity contribution is 5.45. The van der Waals surface area contributed by atoms with Crippen LogP contribution in [0.25, 0.3) is 0 Å². The van der Waals surface area contributed by atoms with Crippen LogP contribution in [0.3, 0.4) is 0 Å². The molecule has 1 heterocycles. The minimum absolute atomic E-state index is 0.508. The van der Waals surface area contributed by atoms with Crippen LogP contribution in [0.2, 0.25) is 0 Å². The molecule has 1 aliphatic heterocycles. The van der Waals surface area contributed by atoms with Crippen LogP contribution in [-0.2, 0) is 4.74 Å². The van der Waals surface area contributed by atoms with Gasteiger partial charge in [0, 0.05) is 12.2 Å². The second kappa shape index (κ2) is 5.51. The van der Waals surface area contributed by atoms with E-state index < -0.39 is 11.7 Å². The van der Waals surface area contributed by atoms with Gasteiger partial charge in [0.2, 0.25) is 0 Å². The zero-order valence-electron chi connectivity index (χ0n) is 12.3. The fourth-order valence-electron chi connectivity index (χ4n) is 2.94. The van der Waals surface area contributed by atoms with Crippen LogP contribution in [0.5, 0.6) is 5.75 Å². The molecule has 0 aromatic heterocycles. The van der Waals surface area contributed by atoms with Gasteiger partial charge in [-0.2, -0.15) is 0 Å². The monoisotopic (exact) mass is 264 g/mol. The summed E-state index contributed by atoms with van der Waals surface area (Å²) in [6.45, 7) is 6.76. The SMILES string of the molecule is COc1cc(C)cc(C)c1C(O)C1(C)CCCCO1. The molecule has 1 N–H and O–H groups in total. The van der Waals surface area contributed by atoms with Crippen molar-refractivity contribution < 1.29 is 14.6 Å². The molecule has 1 saturated heterocycles. The van der Waals surface area contributed by atoms with Crippen molar-refractivity contribution in [3.8, 4) is 5.75 Å². The van der Waals surface area contributed by atoms with E-state index in [9.17, 15) is 5.11 Å². The lowest BCUT2D eigenvalue weighted by Crippen LogP contribution is -2.39. The Hall–Kier alpha value is -1.06. The van der Waals surface area contributed by atoms with Crippen LogP contribution < -0.4 is 4.74 Å². The topological polar surface area (TPSA) is 38.7 Å². The van der Waals surface area contributed by atoms with Gasteiger partial charge >= 0.3 is 0 Å². The molecule has 0 amide bonds. The van der Waals surface area contributed by atoms with E-state index in [1.807, 2.05) is 26.8 Å². The highest BCUT2D eigenvalue weighted by atomic mass is 16.5. The molecule has 1 aliphatic rings. The van der Waals surface area contributed by atoms with E-state index in [1.165, 1.54) is 0 Å². The number of rotatable bonds is 3. The number of benzene rings is 1. The number of aliphatic hydroxyl groups is 1. The first-order valence-corrected chi connectivity index (χ1v) is 6.95. The summed E-state index contributed by atoms with van der Waals surface area (Å²) in [5.41, 5.74) is 2.54. The van der Waals surface area contributed by atoms with Crippen molar-refractivity contribution in [1.29, 1.82) is 0 Å². The summed E-state index contributed by atoms with van der Waals surface area (Å²) >= 11 is 0. The van der Waals surface area contributed by atoms with E-state index >= 15 is 0 Å². The number of aryl methyl sites for hydroxylation is 2. The van der Waals surface area contributed by atoms with Crippen molar-refractivity contribution in [1.82, 2.24) is 0 Å². The van der Waals surface area contributed by atoms with E-state index in [1.54, 1.807) is 7.11 Å². The van der Waals surface area contributed by atoms with Gasteiger partial charge in [0.15, 0.2) is 0 Å². The molecule has 3 heteroatoms. The minimum atomic E-state index is -0.650. The van der Waals surface area contributed by atoms with Gasteiger partial charge in [-0.1, -0.05) is 6.07 Å². The van der Waals surface area contributed by atoms with Gasteiger partial charge in [0.25, 0.3) is 0 Å². The Bertz CT molecular complexity index is 448. The van der Waals surface area contributed by atoms with Crippen molar-refractivity contribution in [3.63, 3.8) is 0 Å². The number of aliphatic hydroxyl groups excluding tert-OH is 1. The zero-order chi connectivity index (χ0) is 14.0. The van der Waals surface area contributed by atoms with Crippen LogP contribution >= 0.6 is 0 Å². The molecule has 0 spiro atoms. The van der Waals surface area contributed by atoms with Gasteiger partial charge in [0.1, 0.15) is 11.9 Å². The maximum absolute atomic E-state index is 10.8. The fraction of sp³-hybridized carbons (Fsp3) is 0.625. The number of hydrogen-bond acceptors (Lipinski definition) is 3. The Morgan fingerprint density at radius 2 is 2.05 bits per heavy atom. The summed E-state index contributed by atoms with van der Waals surface area (Å²) in [6.07, 6.45) is 2.40. The normalized spacial score (nSPS) is 25.1. The molecule has 1 fully saturated rings. The first-order valence-electron chi connectivity index (χ1n) is 6.95. The van der Waals surface area contributed by atoms with E-state index in [2.05, 4.69) is 6.07 Å². The molecule has 2 atom stereocenters. The van der Waals surface area contributed by atoms with E-state index in [0.29, 0.717) is 0 Å². The molecular weight excluding hydrogens is 240 g/mol. The standard InChI is InChI=1S/C16H24O3/c1-11-9-12(2)14(13(10-11)18-4)15(17)16(3)7-5-6-8-19-16/h9-10,15,17H,5-8H2,1-4H3.